The summed E-state index contributed by atoms with van der Waals surface area (Å²) >= 11 is 1.64. The fourth-order valence-electron chi connectivity index (χ4n) is 3.35. The lowest BCUT2D eigenvalue weighted by molar-refractivity contribution is 0.140. The Labute approximate surface area is 150 Å². The molecule has 1 aliphatic heterocycles. The van der Waals surface area contributed by atoms with E-state index < -0.39 is 0 Å². The second kappa shape index (κ2) is 7.03. The zero-order chi connectivity index (χ0) is 17.2. The third-order valence-corrected chi connectivity index (χ3v) is 5.43. The molecule has 1 fully saturated rings. The second-order valence-corrected chi connectivity index (χ2v) is 7.61. The van der Waals surface area contributed by atoms with E-state index in [0.717, 1.165) is 47.2 Å². The van der Waals surface area contributed by atoms with Gasteiger partial charge in [0.05, 0.1) is 16.7 Å². The molecule has 0 saturated carbocycles. The fourth-order valence-corrected chi connectivity index (χ4v) is 4.02. The summed E-state index contributed by atoms with van der Waals surface area (Å²) in [6.07, 6.45) is 4.26. The molecule has 1 saturated heterocycles. The molecule has 0 spiro atoms. The molecule has 0 amide bonds. The van der Waals surface area contributed by atoms with E-state index in [-0.39, 0.29) is 12.0 Å². The Bertz CT molecular complexity index is 814. The first-order valence-electron chi connectivity index (χ1n) is 8.43. The number of likely N-dealkylation sites (tertiary alicyclic amines) is 1. The summed E-state index contributed by atoms with van der Waals surface area (Å²) in [7, 11) is 0. The minimum atomic E-state index is -0.316. The molecule has 0 radical (unpaired) electrons. The number of aryl methyl sites for hydroxylation is 1. The second-order valence-electron chi connectivity index (χ2n) is 6.66. The first-order valence-corrected chi connectivity index (χ1v) is 9.31. The molecule has 7 heteroatoms. The van der Waals surface area contributed by atoms with E-state index in [9.17, 15) is 5.11 Å². The number of aliphatic hydroxyl groups excluding tert-OH is 1. The van der Waals surface area contributed by atoms with Gasteiger partial charge in [0.2, 0.25) is 0 Å². The maximum absolute atomic E-state index is 10.4. The van der Waals surface area contributed by atoms with Gasteiger partial charge in [0, 0.05) is 49.2 Å². The highest BCUT2D eigenvalue weighted by atomic mass is 32.1. The molecule has 2 atom stereocenters. The molecule has 3 aromatic rings. The lowest BCUT2D eigenvalue weighted by Crippen LogP contribution is -2.21. The largest absolute Gasteiger partial charge is 0.391 e. The van der Waals surface area contributed by atoms with E-state index in [1.165, 1.54) is 0 Å². The van der Waals surface area contributed by atoms with Gasteiger partial charge in [0.25, 0.3) is 0 Å². The first kappa shape index (κ1) is 16.4. The predicted molar refractivity (Wildman–Crippen MR) is 97.1 cm³/mol. The van der Waals surface area contributed by atoms with Crippen LogP contribution in [0.25, 0.3) is 10.7 Å². The highest BCUT2D eigenvalue weighted by Gasteiger charge is 2.31. The van der Waals surface area contributed by atoms with Crippen LogP contribution in [0.15, 0.2) is 36.0 Å². The van der Waals surface area contributed by atoms with Gasteiger partial charge in [-0.15, -0.1) is 11.3 Å². The Kier molecular flexibility index (Phi) is 4.61. The van der Waals surface area contributed by atoms with Gasteiger partial charge < -0.3 is 5.11 Å². The van der Waals surface area contributed by atoms with E-state index in [1.807, 2.05) is 42.9 Å². The number of aromatic amines is 1. The van der Waals surface area contributed by atoms with Gasteiger partial charge in [0.15, 0.2) is 5.82 Å². The number of hydrogen-bond acceptors (Lipinski definition) is 6. The van der Waals surface area contributed by atoms with Crippen molar-refractivity contribution < 1.29 is 5.11 Å². The van der Waals surface area contributed by atoms with Crippen molar-refractivity contribution in [2.45, 2.75) is 26.0 Å². The third kappa shape index (κ3) is 3.78. The zero-order valence-corrected chi connectivity index (χ0v) is 14.9. The summed E-state index contributed by atoms with van der Waals surface area (Å²) < 4.78 is 0. The Morgan fingerprint density at radius 1 is 1.32 bits per heavy atom. The molecule has 130 valence electrons. The van der Waals surface area contributed by atoms with Crippen LogP contribution in [0.2, 0.25) is 0 Å². The number of thiophene rings is 1. The van der Waals surface area contributed by atoms with Crippen LogP contribution in [-0.4, -0.2) is 49.4 Å². The van der Waals surface area contributed by atoms with Gasteiger partial charge in [-0.05, 0) is 30.9 Å². The van der Waals surface area contributed by atoms with Gasteiger partial charge in [0.1, 0.15) is 0 Å². The van der Waals surface area contributed by atoms with Gasteiger partial charge in [-0.1, -0.05) is 6.07 Å². The van der Waals surface area contributed by atoms with Crippen LogP contribution in [0.3, 0.4) is 0 Å². The van der Waals surface area contributed by atoms with E-state index in [1.54, 1.807) is 11.3 Å². The number of aromatic nitrogens is 4. The summed E-state index contributed by atoms with van der Waals surface area (Å²) in [5.41, 5.74) is 3.15. The van der Waals surface area contributed by atoms with Crippen LogP contribution in [0.4, 0.5) is 0 Å². The number of H-pyrrole nitrogens is 1. The van der Waals surface area contributed by atoms with Crippen molar-refractivity contribution in [2.24, 2.45) is 5.92 Å². The molecule has 6 nitrogen and oxygen atoms in total. The van der Waals surface area contributed by atoms with E-state index in [4.69, 9.17) is 0 Å². The average Bonchev–Trinajstić information content (AvgIpc) is 3.32. The minimum absolute atomic E-state index is 0.217. The molecule has 0 aromatic carbocycles. The smallest absolute Gasteiger partial charge is 0.169 e. The quantitative estimate of drug-likeness (QED) is 0.734. The molecular weight excluding hydrogens is 334 g/mol. The van der Waals surface area contributed by atoms with Gasteiger partial charge in [-0.2, -0.15) is 5.10 Å². The van der Waals surface area contributed by atoms with Gasteiger partial charge >= 0.3 is 0 Å². The maximum atomic E-state index is 10.4. The Morgan fingerprint density at radius 2 is 2.16 bits per heavy atom. The molecule has 0 bridgehead atoms. The highest BCUT2D eigenvalue weighted by molar-refractivity contribution is 7.13. The normalized spacial score (nSPS) is 21.0. The number of aliphatic hydroxyl groups is 1. The summed E-state index contributed by atoms with van der Waals surface area (Å²) in [5.74, 6) is 0.987. The van der Waals surface area contributed by atoms with Crippen LogP contribution in [0, 0.1) is 12.8 Å². The molecule has 1 aliphatic rings. The minimum Gasteiger partial charge on any atom is -0.391 e. The molecule has 3 aromatic heterocycles. The van der Waals surface area contributed by atoms with Crippen LogP contribution < -0.4 is 0 Å². The summed E-state index contributed by atoms with van der Waals surface area (Å²) in [4.78, 5) is 12.3. The van der Waals surface area contributed by atoms with Crippen LogP contribution in [0.1, 0.15) is 17.0 Å². The highest BCUT2D eigenvalue weighted by Crippen LogP contribution is 2.24. The number of hydrogen-bond donors (Lipinski definition) is 2. The number of nitrogens with zero attached hydrogens (tertiary/aromatic N) is 4. The first-order chi connectivity index (χ1) is 12.2. The molecule has 0 aliphatic carbocycles. The van der Waals surface area contributed by atoms with Crippen molar-refractivity contribution in [2.75, 3.05) is 13.1 Å². The fraction of sp³-hybridized carbons (Fsp3) is 0.389. The number of rotatable bonds is 5. The molecule has 2 N–H and O–H groups in total. The number of β-amino-alcohol motifs (C(OH)–C–C–N with tert-alkyl or cyclic N) is 1. The van der Waals surface area contributed by atoms with Crippen LogP contribution in [0.5, 0.6) is 0 Å². The Morgan fingerprint density at radius 3 is 2.84 bits per heavy atom. The van der Waals surface area contributed by atoms with E-state index in [0.29, 0.717) is 6.54 Å². The van der Waals surface area contributed by atoms with Crippen molar-refractivity contribution in [3.63, 3.8) is 0 Å². The summed E-state index contributed by atoms with van der Waals surface area (Å²) in [6.45, 7) is 4.30. The summed E-state index contributed by atoms with van der Waals surface area (Å²) in [5, 5.41) is 19.6. The maximum Gasteiger partial charge on any atom is 0.169 e. The molecule has 0 unspecified atom stereocenters. The van der Waals surface area contributed by atoms with Crippen molar-refractivity contribution >= 4 is 11.3 Å². The van der Waals surface area contributed by atoms with Crippen molar-refractivity contribution in [3.8, 4) is 10.7 Å². The molecule has 4 rings (SSSR count). The lowest BCUT2D eigenvalue weighted by atomic mass is 10.0. The monoisotopic (exact) mass is 355 g/mol. The molecular formula is C18H21N5OS. The van der Waals surface area contributed by atoms with Crippen LogP contribution in [-0.2, 0) is 13.0 Å². The lowest BCUT2D eigenvalue weighted by Gasteiger charge is -2.15. The topological polar surface area (TPSA) is 77.9 Å². The predicted octanol–water partition coefficient (Wildman–Crippen LogP) is 2.27. The Hall–Kier alpha value is -2.09. The van der Waals surface area contributed by atoms with Crippen molar-refractivity contribution in [3.05, 3.63) is 52.9 Å². The van der Waals surface area contributed by atoms with Crippen LogP contribution >= 0.6 is 11.3 Å². The SMILES string of the molecule is Cc1cc(C[C@@H]2CN(Cc3cnc(-c4cccs4)nc3)C[C@H]2O)n[nH]1. The van der Waals surface area contributed by atoms with E-state index in [2.05, 4.69) is 25.1 Å². The molecule has 4 heterocycles. The summed E-state index contributed by atoms with van der Waals surface area (Å²) in [6, 6.07) is 6.08. The average molecular weight is 355 g/mol. The van der Waals surface area contributed by atoms with Crippen molar-refractivity contribution in [1.29, 1.82) is 0 Å². The zero-order valence-electron chi connectivity index (χ0n) is 14.1. The van der Waals surface area contributed by atoms with E-state index >= 15 is 0 Å². The van der Waals surface area contributed by atoms with Gasteiger partial charge in [-0.3, -0.25) is 10.00 Å². The standard InChI is InChI=1S/C18H21N5OS/c1-12-5-15(22-21-12)6-14-10-23(11-16(14)24)9-13-7-19-18(20-8-13)17-3-2-4-25-17/h2-5,7-8,14,16,24H,6,9-11H2,1H3,(H,21,22)/t14-,16-/m1/s1. The number of nitrogens with one attached hydrogen (secondary N) is 1. The van der Waals surface area contributed by atoms with Crippen molar-refractivity contribution in [1.82, 2.24) is 25.1 Å². The molecule has 25 heavy (non-hydrogen) atoms. The Balaban J connectivity index is 1.37. The third-order valence-electron chi connectivity index (χ3n) is 4.57. The van der Waals surface area contributed by atoms with Gasteiger partial charge in [-0.25, -0.2) is 9.97 Å².